The number of amides is 1. The van der Waals surface area contributed by atoms with E-state index in [1.807, 2.05) is 11.5 Å². The molecule has 9 heteroatoms. The van der Waals surface area contributed by atoms with Gasteiger partial charge in [-0.2, -0.15) is 5.10 Å². The Morgan fingerprint density at radius 2 is 2.00 bits per heavy atom. The smallest absolute Gasteiger partial charge is 0.341 e. The lowest BCUT2D eigenvalue weighted by Gasteiger charge is -2.13. The van der Waals surface area contributed by atoms with Gasteiger partial charge in [-0.3, -0.25) is 14.3 Å². The molecule has 0 unspecified atom stereocenters. The summed E-state index contributed by atoms with van der Waals surface area (Å²) < 4.78 is 3.52. The van der Waals surface area contributed by atoms with Crippen LogP contribution in [0.3, 0.4) is 0 Å². The van der Waals surface area contributed by atoms with E-state index in [0.717, 1.165) is 18.5 Å². The first-order valence-corrected chi connectivity index (χ1v) is 8.08. The van der Waals surface area contributed by atoms with Crippen LogP contribution in [0.2, 0.25) is 0 Å². The summed E-state index contributed by atoms with van der Waals surface area (Å²) in [6.45, 7) is 1.81. The highest BCUT2D eigenvalue weighted by molar-refractivity contribution is 9.10. The van der Waals surface area contributed by atoms with Gasteiger partial charge in [-0.15, -0.1) is 0 Å². The molecule has 1 fully saturated rings. The number of carboxylic acid groups (broad SMARTS) is 1. The second-order valence-electron chi connectivity index (χ2n) is 5.73. The van der Waals surface area contributed by atoms with Gasteiger partial charge in [-0.1, -0.05) is 0 Å². The number of aromatic nitrogens is 3. The van der Waals surface area contributed by atoms with Crippen molar-refractivity contribution in [3.05, 3.63) is 43.9 Å². The van der Waals surface area contributed by atoms with Crippen molar-refractivity contribution in [3.63, 3.8) is 0 Å². The Labute approximate surface area is 145 Å². The molecular formula is C15H15BrN4O4. The van der Waals surface area contributed by atoms with E-state index in [0.29, 0.717) is 4.47 Å². The highest BCUT2D eigenvalue weighted by Crippen LogP contribution is 2.36. The summed E-state index contributed by atoms with van der Waals surface area (Å²) in [5, 5.41) is 15.5. The zero-order valence-electron chi connectivity index (χ0n) is 13.0. The lowest BCUT2D eigenvalue weighted by atomic mass is 10.2. The first kappa shape index (κ1) is 16.4. The average Bonchev–Trinajstić information content (AvgIpc) is 3.28. The number of hydrogen-bond acceptors (Lipinski definition) is 4. The Bertz CT molecular complexity index is 911. The number of rotatable bonds is 4. The molecule has 0 aliphatic heterocycles. The fourth-order valence-corrected chi connectivity index (χ4v) is 2.91. The van der Waals surface area contributed by atoms with Crippen molar-refractivity contribution in [2.24, 2.45) is 7.05 Å². The normalized spacial score (nSPS) is 13.8. The van der Waals surface area contributed by atoms with E-state index >= 15 is 0 Å². The molecular weight excluding hydrogens is 380 g/mol. The third kappa shape index (κ3) is 2.86. The van der Waals surface area contributed by atoms with Gasteiger partial charge in [0, 0.05) is 31.2 Å². The van der Waals surface area contributed by atoms with Crippen LogP contribution < -0.4 is 10.7 Å². The number of aryl methyl sites for hydroxylation is 1. The SMILES string of the molecule is Cc1c(Br)c(=O)c(C(=O)Nc2nn(C)cc2C(=O)O)cn1C1CC1. The van der Waals surface area contributed by atoms with Gasteiger partial charge >= 0.3 is 5.97 Å². The summed E-state index contributed by atoms with van der Waals surface area (Å²) in [6, 6.07) is 0.290. The molecule has 2 heterocycles. The van der Waals surface area contributed by atoms with E-state index in [2.05, 4.69) is 26.3 Å². The van der Waals surface area contributed by atoms with E-state index in [9.17, 15) is 14.4 Å². The summed E-state index contributed by atoms with van der Waals surface area (Å²) in [6.07, 6.45) is 4.81. The maximum atomic E-state index is 12.5. The Morgan fingerprint density at radius 3 is 2.58 bits per heavy atom. The van der Waals surface area contributed by atoms with Crippen LogP contribution in [0.5, 0.6) is 0 Å². The maximum Gasteiger partial charge on any atom is 0.341 e. The highest BCUT2D eigenvalue weighted by atomic mass is 79.9. The van der Waals surface area contributed by atoms with Crippen molar-refractivity contribution in [3.8, 4) is 0 Å². The van der Waals surface area contributed by atoms with Gasteiger partial charge in [-0.25, -0.2) is 4.79 Å². The molecule has 126 valence electrons. The number of nitrogens with zero attached hydrogens (tertiary/aromatic N) is 3. The Balaban J connectivity index is 1.99. The standard InChI is InChI=1S/C15H15BrN4O4/c1-7-11(16)12(21)9(6-20(7)8-3-4-8)14(22)17-13-10(15(23)24)5-19(2)18-13/h5-6,8H,3-4H2,1-2H3,(H,23,24)(H,17,18,22). The third-order valence-electron chi connectivity index (χ3n) is 3.89. The zero-order chi connectivity index (χ0) is 17.6. The van der Waals surface area contributed by atoms with Crippen molar-refractivity contribution in [1.82, 2.24) is 14.3 Å². The molecule has 0 aromatic carbocycles. The minimum absolute atomic E-state index is 0.0543. The van der Waals surface area contributed by atoms with Gasteiger partial charge in [0.15, 0.2) is 5.82 Å². The lowest BCUT2D eigenvalue weighted by molar-refractivity contribution is 0.0698. The third-order valence-corrected chi connectivity index (χ3v) is 4.83. The van der Waals surface area contributed by atoms with Gasteiger partial charge in [0.25, 0.3) is 5.91 Å². The van der Waals surface area contributed by atoms with Crippen LogP contribution in [0, 0.1) is 6.92 Å². The molecule has 1 aliphatic rings. The molecule has 1 amide bonds. The van der Waals surface area contributed by atoms with Gasteiger partial charge in [0.1, 0.15) is 11.1 Å². The summed E-state index contributed by atoms with van der Waals surface area (Å²) in [5.74, 6) is -1.99. The molecule has 0 saturated heterocycles. The van der Waals surface area contributed by atoms with Crippen LogP contribution in [0.4, 0.5) is 5.82 Å². The van der Waals surface area contributed by atoms with Gasteiger partial charge < -0.3 is 15.0 Å². The second-order valence-corrected chi connectivity index (χ2v) is 6.53. The Kier molecular flexibility index (Phi) is 4.04. The van der Waals surface area contributed by atoms with Gasteiger partial charge in [0.2, 0.25) is 5.43 Å². The molecule has 0 atom stereocenters. The van der Waals surface area contributed by atoms with Crippen LogP contribution in [0.1, 0.15) is 45.3 Å². The summed E-state index contributed by atoms with van der Waals surface area (Å²) in [7, 11) is 1.55. The molecule has 2 aromatic rings. The quantitative estimate of drug-likeness (QED) is 0.823. The van der Waals surface area contributed by atoms with E-state index in [-0.39, 0.29) is 23.0 Å². The van der Waals surface area contributed by atoms with Gasteiger partial charge in [-0.05, 0) is 35.7 Å². The number of carbonyl (C=O) groups is 2. The predicted octanol–water partition coefficient (Wildman–Crippen LogP) is 1.94. The number of halogens is 1. The molecule has 2 aromatic heterocycles. The molecule has 8 nitrogen and oxygen atoms in total. The number of nitrogens with one attached hydrogen (secondary N) is 1. The average molecular weight is 395 g/mol. The summed E-state index contributed by atoms with van der Waals surface area (Å²) in [5.41, 5.74) is 0.138. The van der Waals surface area contributed by atoms with E-state index in [1.165, 1.54) is 17.1 Å². The Morgan fingerprint density at radius 1 is 1.33 bits per heavy atom. The number of carbonyl (C=O) groups excluding carboxylic acids is 1. The van der Waals surface area contributed by atoms with E-state index in [4.69, 9.17) is 5.11 Å². The zero-order valence-corrected chi connectivity index (χ0v) is 14.6. The van der Waals surface area contributed by atoms with Crippen LogP contribution >= 0.6 is 15.9 Å². The van der Waals surface area contributed by atoms with Crippen LogP contribution in [0.25, 0.3) is 0 Å². The van der Waals surface area contributed by atoms with Crippen LogP contribution in [0.15, 0.2) is 21.7 Å². The minimum atomic E-state index is -1.21. The van der Waals surface area contributed by atoms with Crippen LogP contribution in [-0.4, -0.2) is 31.3 Å². The summed E-state index contributed by atoms with van der Waals surface area (Å²) >= 11 is 3.25. The summed E-state index contributed by atoms with van der Waals surface area (Å²) in [4.78, 5) is 36.1. The van der Waals surface area contributed by atoms with Crippen molar-refractivity contribution in [1.29, 1.82) is 0 Å². The molecule has 24 heavy (non-hydrogen) atoms. The second kappa shape index (κ2) is 5.90. The fourth-order valence-electron chi connectivity index (χ4n) is 2.50. The largest absolute Gasteiger partial charge is 0.477 e. The van der Waals surface area contributed by atoms with Crippen molar-refractivity contribution >= 4 is 33.6 Å². The van der Waals surface area contributed by atoms with Crippen LogP contribution in [-0.2, 0) is 7.05 Å². The first-order valence-electron chi connectivity index (χ1n) is 7.29. The Hall–Kier alpha value is -2.42. The topological polar surface area (TPSA) is 106 Å². The monoisotopic (exact) mass is 394 g/mol. The number of aromatic carboxylic acids is 1. The number of anilines is 1. The van der Waals surface area contributed by atoms with Crippen molar-refractivity contribution in [2.45, 2.75) is 25.8 Å². The molecule has 2 N–H and O–H groups in total. The molecule has 0 bridgehead atoms. The molecule has 3 rings (SSSR count). The lowest BCUT2D eigenvalue weighted by Crippen LogP contribution is -2.26. The van der Waals surface area contributed by atoms with Gasteiger partial charge in [0.05, 0.1) is 4.47 Å². The van der Waals surface area contributed by atoms with E-state index in [1.54, 1.807) is 7.05 Å². The predicted molar refractivity (Wildman–Crippen MR) is 89.5 cm³/mol. The minimum Gasteiger partial charge on any atom is -0.477 e. The number of pyridine rings is 1. The molecule has 1 aliphatic carbocycles. The molecule has 0 radical (unpaired) electrons. The first-order chi connectivity index (χ1) is 11.3. The maximum absolute atomic E-state index is 12.5. The fraction of sp³-hybridized carbons (Fsp3) is 0.333. The highest BCUT2D eigenvalue weighted by Gasteiger charge is 2.28. The van der Waals surface area contributed by atoms with E-state index < -0.39 is 17.3 Å². The van der Waals surface area contributed by atoms with Crippen molar-refractivity contribution < 1.29 is 14.7 Å². The molecule has 0 spiro atoms. The number of carboxylic acids is 1. The van der Waals surface area contributed by atoms with Crippen molar-refractivity contribution in [2.75, 3.05) is 5.32 Å². The molecule has 1 saturated carbocycles. The number of hydrogen-bond donors (Lipinski definition) is 2.